The van der Waals surface area contributed by atoms with Crippen LogP contribution >= 0.6 is 0 Å². The molecule has 0 radical (unpaired) electrons. The zero-order valence-corrected chi connectivity index (χ0v) is 15.8. The molecule has 7 heteroatoms. The Morgan fingerprint density at radius 3 is 2.37 bits per heavy atom. The molecule has 0 N–H and O–H groups in total. The second-order valence-corrected chi connectivity index (χ2v) is 6.00. The molecular weight excluding hydrogens is 350 g/mol. The van der Waals surface area contributed by atoms with Gasteiger partial charge < -0.3 is 18.9 Å². The lowest BCUT2D eigenvalue weighted by Gasteiger charge is -2.28. The summed E-state index contributed by atoms with van der Waals surface area (Å²) in [6.45, 7) is 0.807. The Balaban J connectivity index is 2.38. The van der Waals surface area contributed by atoms with Gasteiger partial charge in [0.2, 0.25) is 5.75 Å². The van der Waals surface area contributed by atoms with Crippen molar-refractivity contribution in [2.24, 2.45) is 0 Å². The van der Waals surface area contributed by atoms with Gasteiger partial charge in [-0.25, -0.2) is 0 Å². The third kappa shape index (κ3) is 5.67. The molecule has 0 saturated carbocycles. The normalized spacial score (nSPS) is 13.0. The topological polar surface area (TPSA) is 80.1 Å². The minimum absolute atomic E-state index is 0.0584. The van der Waals surface area contributed by atoms with Crippen LogP contribution in [0.4, 0.5) is 5.69 Å². The number of nitrogens with zero attached hydrogens (tertiary/aromatic N) is 1. The number of rotatable bonds is 11. The fourth-order valence-electron chi connectivity index (χ4n) is 2.94. The quantitative estimate of drug-likeness (QED) is 0.439. The van der Waals surface area contributed by atoms with Crippen LogP contribution in [0.1, 0.15) is 17.9 Å². The Labute approximate surface area is 159 Å². The van der Waals surface area contributed by atoms with E-state index in [2.05, 4.69) is 0 Å². The van der Waals surface area contributed by atoms with Gasteiger partial charge >= 0.3 is 5.69 Å². The van der Waals surface area contributed by atoms with Crippen molar-refractivity contribution >= 4 is 5.69 Å². The molecule has 0 saturated heterocycles. The van der Waals surface area contributed by atoms with Crippen LogP contribution in [0.2, 0.25) is 0 Å². The molecule has 0 bridgehead atoms. The molecule has 0 spiro atoms. The van der Waals surface area contributed by atoms with E-state index in [-0.39, 0.29) is 24.0 Å². The van der Waals surface area contributed by atoms with E-state index in [1.807, 2.05) is 30.3 Å². The minimum atomic E-state index is -0.467. The highest BCUT2D eigenvalue weighted by Gasteiger charge is 2.28. The molecule has 7 nitrogen and oxygen atoms in total. The smallest absolute Gasteiger partial charge is 0.311 e. The summed E-state index contributed by atoms with van der Waals surface area (Å²) in [5.41, 5.74) is 0.942. The van der Waals surface area contributed by atoms with E-state index >= 15 is 0 Å². The summed E-state index contributed by atoms with van der Waals surface area (Å²) >= 11 is 0. The molecule has 2 atom stereocenters. The van der Waals surface area contributed by atoms with Gasteiger partial charge in [0.15, 0.2) is 0 Å². The van der Waals surface area contributed by atoms with Gasteiger partial charge in [-0.05, 0) is 18.1 Å². The van der Waals surface area contributed by atoms with Crippen molar-refractivity contribution in [2.45, 2.75) is 18.4 Å². The van der Waals surface area contributed by atoms with Crippen molar-refractivity contribution in [3.05, 3.63) is 64.2 Å². The Kier molecular flexibility index (Phi) is 8.03. The minimum Gasteiger partial charge on any atom is -0.497 e. The van der Waals surface area contributed by atoms with Crippen molar-refractivity contribution in [2.75, 3.05) is 34.5 Å². The molecule has 0 aliphatic rings. The van der Waals surface area contributed by atoms with Gasteiger partial charge in [0.05, 0.1) is 18.6 Å². The van der Waals surface area contributed by atoms with Crippen LogP contribution in [0, 0.1) is 10.1 Å². The molecule has 2 aromatic carbocycles. The molecule has 27 heavy (non-hydrogen) atoms. The van der Waals surface area contributed by atoms with Gasteiger partial charge in [0.1, 0.15) is 11.9 Å². The van der Waals surface area contributed by atoms with Crippen LogP contribution in [-0.2, 0) is 9.47 Å². The Hall–Kier alpha value is -2.64. The molecule has 2 aromatic rings. The summed E-state index contributed by atoms with van der Waals surface area (Å²) in [5.74, 6) is 0.580. The SMILES string of the molecule is COCCC(c1ccccc1)C(COC)Oc1cc(OC)ccc1[N+](=O)[O-]. The maximum absolute atomic E-state index is 11.4. The third-order valence-electron chi connectivity index (χ3n) is 4.28. The highest BCUT2D eigenvalue weighted by atomic mass is 16.6. The molecule has 146 valence electrons. The molecule has 2 unspecified atom stereocenters. The van der Waals surface area contributed by atoms with Crippen LogP contribution in [-0.4, -0.2) is 45.6 Å². The fraction of sp³-hybridized carbons (Fsp3) is 0.400. The van der Waals surface area contributed by atoms with Crippen LogP contribution in [0.5, 0.6) is 11.5 Å². The van der Waals surface area contributed by atoms with Gasteiger partial charge in [0, 0.05) is 38.9 Å². The second kappa shape index (κ2) is 10.5. The van der Waals surface area contributed by atoms with Crippen LogP contribution in [0.3, 0.4) is 0 Å². The molecule has 0 aliphatic heterocycles. The Bertz CT molecular complexity index is 722. The zero-order valence-electron chi connectivity index (χ0n) is 15.8. The maximum atomic E-state index is 11.4. The summed E-state index contributed by atoms with van der Waals surface area (Å²) < 4.78 is 21.9. The number of ether oxygens (including phenoxy) is 4. The lowest BCUT2D eigenvalue weighted by molar-refractivity contribution is -0.386. The van der Waals surface area contributed by atoms with Crippen molar-refractivity contribution in [1.82, 2.24) is 0 Å². The summed E-state index contributed by atoms with van der Waals surface area (Å²) in [5, 5.41) is 11.4. The number of nitro groups is 1. The van der Waals surface area contributed by atoms with E-state index in [1.165, 1.54) is 25.3 Å². The van der Waals surface area contributed by atoms with E-state index in [4.69, 9.17) is 18.9 Å². The van der Waals surface area contributed by atoms with Crippen molar-refractivity contribution < 1.29 is 23.9 Å². The van der Waals surface area contributed by atoms with Gasteiger partial charge in [0.25, 0.3) is 0 Å². The number of methoxy groups -OCH3 is 3. The number of hydrogen-bond donors (Lipinski definition) is 0. The number of benzene rings is 2. The molecule has 0 heterocycles. The van der Waals surface area contributed by atoms with Crippen molar-refractivity contribution in [3.8, 4) is 11.5 Å². The molecule has 0 aliphatic carbocycles. The number of nitro benzene ring substituents is 1. The Morgan fingerprint density at radius 1 is 1.04 bits per heavy atom. The molecule has 2 rings (SSSR count). The number of hydrogen-bond acceptors (Lipinski definition) is 6. The van der Waals surface area contributed by atoms with Crippen molar-refractivity contribution in [3.63, 3.8) is 0 Å². The van der Waals surface area contributed by atoms with Gasteiger partial charge in [-0.2, -0.15) is 0 Å². The predicted molar refractivity (Wildman–Crippen MR) is 102 cm³/mol. The maximum Gasteiger partial charge on any atom is 0.311 e. The van der Waals surface area contributed by atoms with Crippen molar-refractivity contribution in [1.29, 1.82) is 0 Å². The largest absolute Gasteiger partial charge is 0.497 e. The standard InChI is InChI=1S/C20H25NO6/c1-24-12-11-17(15-7-5-4-6-8-15)20(14-25-2)27-19-13-16(26-3)9-10-18(19)21(22)23/h4-10,13,17,20H,11-12,14H2,1-3H3. The Morgan fingerprint density at radius 2 is 1.78 bits per heavy atom. The molecule has 0 fully saturated rings. The van der Waals surface area contributed by atoms with E-state index < -0.39 is 11.0 Å². The average Bonchev–Trinajstić information content (AvgIpc) is 2.69. The highest BCUT2D eigenvalue weighted by molar-refractivity contribution is 5.50. The zero-order chi connectivity index (χ0) is 19.6. The second-order valence-electron chi connectivity index (χ2n) is 6.00. The first-order chi connectivity index (χ1) is 13.1. The molecular formula is C20H25NO6. The average molecular weight is 375 g/mol. The first-order valence-corrected chi connectivity index (χ1v) is 8.62. The lowest BCUT2D eigenvalue weighted by Crippen LogP contribution is -2.31. The van der Waals surface area contributed by atoms with E-state index in [0.29, 0.717) is 18.8 Å². The van der Waals surface area contributed by atoms with Crippen LogP contribution < -0.4 is 9.47 Å². The predicted octanol–water partition coefficient (Wildman–Crippen LogP) is 3.82. The van der Waals surface area contributed by atoms with Crippen LogP contribution in [0.25, 0.3) is 0 Å². The fourth-order valence-corrected chi connectivity index (χ4v) is 2.94. The summed E-state index contributed by atoms with van der Waals surface area (Å²) in [6, 6.07) is 14.3. The first-order valence-electron chi connectivity index (χ1n) is 8.62. The first kappa shape index (κ1) is 20.7. The summed E-state index contributed by atoms with van der Waals surface area (Å²) in [7, 11) is 4.72. The van der Waals surface area contributed by atoms with Gasteiger partial charge in [-0.1, -0.05) is 30.3 Å². The van der Waals surface area contributed by atoms with Gasteiger partial charge in [-0.15, -0.1) is 0 Å². The highest BCUT2D eigenvalue weighted by Crippen LogP contribution is 2.35. The van der Waals surface area contributed by atoms with E-state index in [0.717, 1.165) is 5.56 Å². The summed E-state index contributed by atoms with van der Waals surface area (Å²) in [6.07, 6.45) is 0.255. The monoisotopic (exact) mass is 375 g/mol. The molecule has 0 amide bonds. The lowest BCUT2D eigenvalue weighted by atomic mass is 9.90. The molecule has 0 aromatic heterocycles. The third-order valence-corrected chi connectivity index (χ3v) is 4.28. The van der Waals surface area contributed by atoms with E-state index in [1.54, 1.807) is 14.2 Å². The summed E-state index contributed by atoms with van der Waals surface area (Å²) in [4.78, 5) is 10.9. The van der Waals surface area contributed by atoms with Crippen LogP contribution in [0.15, 0.2) is 48.5 Å². The van der Waals surface area contributed by atoms with Gasteiger partial charge in [-0.3, -0.25) is 10.1 Å². The van der Waals surface area contributed by atoms with E-state index in [9.17, 15) is 10.1 Å².